The SMILES string of the molecule is COc1nc(NN)nc(N(C)CC2CCCCC2)n1. The standard InChI is InChI=1S/C12H22N6O/c1-18(8-9-6-4-3-5-7-9)11-14-10(17-13)15-12(16-11)19-2/h9H,3-8,13H2,1-2H3,(H,14,15,16,17). The maximum absolute atomic E-state index is 5.35. The lowest BCUT2D eigenvalue weighted by atomic mass is 9.89. The summed E-state index contributed by atoms with van der Waals surface area (Å²) < 4.78 is 5.05. The first kappa shape index (κ1) is 13.8. The predicted molar refractivity (Wildman–Crippen MR) is 74.0 cm³/mol. The normalized spacial score (nSPS) is 16.2. The Morgan fingerprint density at radius 1 is 1.26 bits per heavy atom. The molecule has 1 aliphatic rings. The minimum absolute atomic E-state index is 0.272. The summed E-state index contributed by atoms with van der Waals surface area (Å²) in [7, 11) is 3.52. The number of ether oxygens (including phenoxy) is 1. The van der Waals surface area contributed by atoms with Gasteiger partial charge in [-0.25, -0.2) is 5.84 Å². The molecular weight excluding hydrogens is 244 g/mol. The number of anilines is 2. The van der Waals surface area contributed by atoms with Crippen LogP contribution in [0.2, 0.25) is 0 Å². The first-order chi connectivity index (χ1) is 9.22. The lowest BCUT2D eigenvalue weighted by molar-refractivity contribution is 0.358. The minimum Gasteiger partial charge on any atom is -0.467 e. The van der Waals surface area contributed by atoms with Crippen molar-refractivity contribution in [2.75, 3.05) is 31.0 Å². The van der Waals surface area contributed by atoms with Crippen LogP contribution in [0.3, 0.4) is 0 Å². The van der Waals surface area contributed by atoms with Crippen molar-refractivity contribution in [2.24, 2.45) is 11.8 Å². The summed E-state index contributed by atoms with van der Waals surface area (Å²) >= 11 is 0. The third-order valence-corrected chi connectivity index (χ3v) is 3.51. The lowest BCUT2D eigenvalue weighted by Crippen LogP contribution is -2.29. The van der Waals surface area contributed by atoms with Crippen molar-refractivity contribution in [1.29, 1.82) is 0 Å². The van der Waals surface area contributed by atoms with Crippen LogP contribution in [0.4, 0.5) is 11.9 Å². The molecule has 1 aromatic rings. The number of hydrogen-bond acceptors (Lipinski definition) is 7. The van der Waals surface area contributed by atoms with E-state index in [4.69, 9.17) is 10.6 Å². The number of nitrogens with two attached hydrogens (primary N) is 1. The molecule has 0 amide bonds. The largest absolute Gasteiger partial charge is 0.467 e. The van der Waals surface area contributed by atoms with E-state index in [1.807, 2.05) is 11.9 Å². The molecule has 1 heterocycles. The molecule has 0 bridgehead atoms. The number of methoxy groups -OCH3 is 1. The number of rotatable bonds is 5. The Bertz CT molecular complexity index is 385. The van der Waals surface area contributed by atoms with Gasteiger partial charge in [-0.2, -0.15) is 15.0 Å². The summed E-state index contributed by atoms with van der Waals surface area (Å²) in [4.78, 5) is 14.5. The molecule has 7 heteroatoms. The molecule has 3 N–H and O–H groups in total. The topological polar surface area (TPSA) is 89.2 Å². The van der Waals surface area contributed by atoms with Crippen molar-refractivity contribution >= 4 is 11.9 Å². The van der Waals surface area contributed by atoms with E-state index in [1.54, 1.807) is 0 Å². The average molecular weight is 266 g/mol. The van der Waals surface area contributed by atoms with Gasteiger partial charge < -0.3 is 9.64 Å². The molecule has 19 heavy (non-hydrogen) atoms. The average Bonchev–Trinajstić information content (AvgIpc) is 2.47. The Hall–Kier alpha value is -1.63. The van der Waals surface area contributed by atoms with E-state index < -0.39 is 0 Å². The second kappa shape index (κ2) is 6.51. The zero-order chi connectivity index (χ0) is 13.7. The molecule has 0 aromatic carbocycles. The van der Waals surface area contributed by atoms with Crippen molar-refractivity contribution in [1.82, 2.24) is 15.0 Å². The second-order valence-corrected chi connectivity index (χ2v) is 4.97. The number of nitrogens with zero attached hydrogens (tertiary/aromatic N) is 4. The number of hydrogen-bond donors (Lipinski definition) is 2. The molecule has 0 radical (unpaired) electrons. The van der Waals surface area contributed by atoms with Gasteiger partial charge in [0.05, 0.1) is 7.11 Å². The third kappa shape index (κ3) is 3.66. The minimum atomic E-state index is 0.272. The maximum atomic E-state index is 5.35. The van der Waals surface area contributed by atoms with Gasteiger partial charge in [0, 0.05) is 13.6 Å². The van der Waals surface area contributed by atoms with Crippen molar-refractivity contribution < 1.29 is 4.74 Å². The van der Waals surface area contributed by atoms with Crippen LogP contribution >= 0.6 is 0 Å². The van der Waals surface area contributed by atoms with Gasteiger partial charge in [-0.3, -0.25) is 5.43 Å². The van der Waals surface area contributed by atoms with Crippen molar-refractivity contribution in [3.05, 3.63) is 0 Å². The van der Waals surface area contributed by atoms with Gasteiger partial charge in [-0.05, 0) is 18.8 Å². The summed E-state index contributed by atoms with van der Waals surface area (Å²) in [5, 5.41) is 0. The van der Waals surface area contributed by atoms with Crippen LogP contribution in [0.5, 0.6) is 6.01 Å². The van der Waals surface area contributed by atoms with Gasteiger partial charge in [0.2, 0.25) is 11.9 Å². The molecule has 7 nitrogen and oxygen atoms in total. The Balaban J connectivity index is 2.06. The fourth-order valence-corrected chi connectivity index (χ4v) is 2.51. The van der Waals surface area contributed by atoms with E-state index in [0.29, 0.717) is 11.9 Å². The monoisotopic (exact) mass is 266 g/mol. The number of aromatic nitrogens is 3. The molecule has 2 rings (SSSR count). The first-order valence-electron chi connectivity index (χ1n) is 6.70. The zero-order valence-electron chi connectivity index (χ0n) is 11.6. The molecule has 1 aliphatic carbocycles. The Morgan fingerprint density at radius 2 is 2.00 bits per heavy atom. The Morgan fingerprint density at radius 3 is 2.63 bits per heavy atom. The molecule has 106 valence electrons. The second-order valence-electron chi connectivity index (χ2n) is 4.97. The lowest BCUT2D eigenvalue weighted by Gasteiger charge is -2.27. The number of hydrazine groups is 1. The van der Waals surface area contributed by atoms with E-state index in [2.05, 4.69) is 20.4 Å². The molecule has 0 atom stereocenters. The van der Waals surface area contributed by atoms with Crippen LogP contribution in [-0.4, -0.2) is 35.7 Å². The summed E-state index contributed by atoms with van der Waals surface area (Å²) in [6.07, 6.45) is 6.59. The van der Waals surface area contributed by atoms with Crippen LogP contribution in [0, 0.1) is 5.92 Å². The molecule has 0 aliphatic heterocycles. The molecule has 1 fully saturated rings. The third-order valence-electron chi connectivity index (χ3n) is 3.51. The molecule has 0 saturated heterocycles. The summed E-state index contributed by atoms with van der Waals surface area (Å²) in [5.41, 5.74) is 2.43. The predicted octanol–water partition coefficient (Wildman–Crippen LogP) is 1.18. The maximum Gasteiger partial charge on any atom is 0.322 e. The van der Waals surface area contributed by atoms with Gasteiger partial charge in [0.1, 0.15) is 0 Å². The highest BCUT2D eigenvalue weighted by Crippen LogP contribution is 2.25. The molecule has 0 spiro atoms. The summed E-state index contributed by atoms with van der Waals surface area (Å²) in [6.45, 7) is 0.956. The van der Waals surface area contributed by atoms with Crippen LogP contribution in [-0.2, 0) is 0 Å². The van der Waals surface area contributed by atoms with Gasteiger partial charge in [0.15, 0.2) is 0 Å². The fraction of sp³-hybridized carbons (Fsp3) is 0.750. The van der Waals surface area contributed by atoms with Crippen LogP contribution < -0.4 is 20.9 Å². The van der Waals surface area contributed by atoms with Crippen molar-refractivity contribution in [2.45, 2.75) is 32.1 Å². The number of nitrogen functional groups attached to an aromatic ring is 1. The first-order valence-corrected chi connectivity index (χ1v) is 6.70. The highest BCUT2D eigenvalue weighted by molar-refractivity contribution is 5.36. The Labute approximate surface area is 113 Å². The van der Waals surface area contributed by atoms with Crippen LogP contribution in [0.25, 0.3) is 0 Å². The van der Waals surface area contributed by atoms with Gasteiger partial charge in [-0.15, -0.1) is 0 Å². The van der Waals surface area contributed by atoms with E-state index in [9.17, 15) is 0 Å². The van der Waals surface area contributed by atoms with Crippen LogP contribution in [0.1, 0.15) is 32.1 Å². The van der Waals surface area contributed by atoms with Gasteiger partial charge >= 0.3 is 6.01 Å². The van der Waals surface area contributed by atoms with E-state index in [0.717, 1.165) is 12.5 Å². The molecule has 1 saturated carbocycles. The van der Waals surface area contributed by atoms with Gasteiger partial charge in [-0.1, -0.05) is 19.3 Å². The van der Waals surface area contributed by atoms with Gasteiger partial charge in [0.25, 0.3) is 0 Å². The zero-order valence-corrected chi connectivity index (χ0v) is 11.6. The van der Waals surface area contributed by atoms with Crippen LogP contribution in [0.15, 0.2) is 0 Å². The van der Waals surface area contributed by atoms with Crippen molar-refractivity contribution in [3.63, 3.8) is 0 Å². The summed E-state index contributed by atoms with van der Waals surface area (Å²) in [5.74, 6) is 6.97. The van der Waals surface area contributed by atoms with E-state index in [1.165, 1.54) is 39.2 Å². The molecular formula is C12H22N6O. The molecule has 1 aromatic heterocycles. The van der Waals surface area contributed by atoms with E-state index in [-0.39, 0.29) is 6.01 Å². The smallest absolute Gasteiger partial charge is 0.322 e. The fourth-order valence-electron chi connectivity index (χ4n) is 2.51. The highest BCUT2D eigenvalue weighted by Gasteiger charge is 2.18. The highest BCUT2D eigenvalue weighted by atomic mass is 16.5. The quantitative estimate of drug-likeness (QED) is 0.611. The Kier molecular flexibility index (Phi) is 4.73. The summed E-state index contributed by atoms with van der Waals surface area (Å²) in [6, 6.07) is 0.272. The molecule has 0 unspecified atom stereocenters. The number of nitrogens with one attached hydrogen (secondary N) is 1. The van der Waals surface area contributed by atoms with E-state index >= 15 is 0 Å². The van der Waals surface area contributed by atoms with Crippen molar-refractivity contribution in [3.8, 4) is 6.01 Å².